The number of aliphatic hydroxyl groups excluding tert-OH is 2. The molecule has 8 aliphatic rings. The lowest BCUT2D eigenvalue weighted by Crippen LogP contribution is -2.54. The van der Waals surface area contributed by atoms with E-state index in [1.54, 1.807) is 0 Å². The molecule has 42 heavy (non-hydrogen) atoms. The summed E-state index contributed by atoms with van der Waals surface area (Å²) in [5.41, 5.74) is 4.08. The van der Waals surface area contributed by atoms with E-state index in [0.717, 1.165) is 73.0 Å². The average molecular weight is 577 g/mol. The zero-order valence-electron chi connectivity index (χ0n) is 27.3. The molecule has 8 fully saturated rings. The van der Waals surface area contributed by atoms with Gasteiger partial charge in [-0.3, -0.25) is 0 Å². The fourth-order valence-corrected chi connectivity index (χ4v) is 14.4. The summed E-state index contributed by atoms with van der Waals surface area (Å²) in [7, 11) is 0. The molecule has 0 radical (unpaired) electrons. The van der Waals surface area contributed by atoms with Gasteiger partial charge in [0, 0.05) is 11.4 Å². The van der Waals surface area contributed by atoms with Crippen molar-refractivity contribution in [3.05, 3.63) is 0 Å². The van der Waals surface area contributed by atoms with Gasteiger partial charge in [0.15, 0.2) is 0 Å². The van der Waals surface area contributed by atoms with Crippen LogP contribution in [0.4, 0.5) is 0 Å². The molecule has 0 aromatic heterocycles. The van der Waals surface area contributed by atoms with Crippen molar-refractivity contribution in [3.63, 3.8) is 0 Å². The predicted molar refractivity (Wildman–Crippen MR) is 170 cm³/mol. The van der Waals surface area contributed by atoms with Crippen molar-refractivity contribution in [2.24, 2.45) is 79.2 Å². The van der Waals surface area contributed by atoms with Crippen molar-refractivity contribution in [3.8, 4) is 0 Å². The van der Waals surface area contributed by atoms with Crippen molar-refractivity contribution < 1.29 is 10.2 Å². The van der Waals surface area contributed by atoms with E-state index >= 15 is 0 Å². The monoisotopic (exact) mass is 576 g/mol. The highest BCUT2D eigenvalue weighted by Gasteiger charge is 2.61. The minimum Gasteiger partial charge on any atom is -0.393 e. The van der Waals surface area contributed by atoms with Crippen LogP contribution in [0.3, 0.4) is 0 Å². The average Bonchev–Trinajstić information content (AvgIpc) is 3.46. The second kappa shape index (κ2) is 9.88. The van der Waals surface area contributed by atoms with E-state index in [2.05, 4.69) is 27.7 Å². The van der Waals surface area contributed by atoms with Crippen LogP contribution in [0, 0.1) is 69.0 Å². The summed E-state index contributed by atoms with van der Waals surface area (Å²) >= 11 is 0. The zero-order chi connectivity index (χ0) is 29.1. The van der Waals surface area contributed by atoms with Gasteiger partial charge in [0.2, 0.25) is 0 Å². The Kier molecular flexibility index (Phi) is 6.75. The van der Waals surface area contributed by atoms with Crippen LogP contribution in [0.1, 0.15) is 143 Å². The van der Waals surface area contributed by atoms with E-state index in [4.69, 9.17) is 10.2 Å². The Labute approximate surface area is 256 Å². The van der Waals surface area contributed by atoms with Crippen LogP contribution >= 0.6 is 0 Å². The van der Waals surface area contributed by atoms with Gasteiger partial charge in [0.1, 0.15) is 0 Å². The van der Waals surface area contributed by atoms with Crippen LogP contribution < -0.4 is 0 Å². The van der Waals surface area contributed by atoms with Crippen LogP contribution in [0.2, 0.25) is 0 Å². The van der Waals surface area contributed by atoms with Gasteiger partial charge >= 0.3 is 0 Å². The molecule has 0 aromatic carbocycles. The third-order valence-corrected chi connectivity index (χ3v) is 17.2. The van der Waals surface area contributed by atoms with E-state index in [9.17, 15) is 10.2 Å². The molecule has 8 aliphatic carbocycles. The smallest absolute Gasteiger partial charge is 0.0596 e. The van der Waals surface area contributed by atoms with Gasteiger partial charge in [-0.15, -0.1) is 0 Å². The highest BCUT2D eigenvalue weighted by Crippen LogP contribution is 2.67. The summed E-state index contributed by atoms with van der Waals surface area (Å²) in [6.45, 7) is 10.1. The Morgan fingerprint density at radius 1 is 0.476 bits per heavy atom. The lowest BCUT2D eigenvalue weighted by atomic mass is 9.45. The van der Waals surface area contributed by atoms with E-state index in [1.165, 1.54) is 101 Å². The van der Waals surface area contributed by atoms with Crippen molar-refractivity contribution in [2.75, 3.05) is 0 Å². The van der Waals surface area contributed by atoms with Crippen molar-refractivity contribution in [2.45, 2.75) is 155 Å². The van der Waals surface area contributed by atoms with Gasteiger partial charge in [0.05, 0.1) is 12.2 Å². The van der Waals surface area contributed by atoms with Gasteiger partial charge in [-0.2, -0.15) is 10.2 Å². The molecule has 0 bridgehead atoms. The normalized spacial score (nSPS) is 58.9. The molecular formula is C38H60N2O2. The lowest BCUT2D eigenvalue weighted by Gasteiger charge is -2.60. The topological polar surface area (TPSA) is 65.2 Å². The number of fused-ring (bicyclic) bond motifs is 10. The Bertz CT molecular complexity index is 1060. The number of hydrogen-bond acceptors (Lipinski definition) is 4. The Hall–Kier alpha value is -0.740. The second-order valence-corrected chi connectivity index (χ2v) is 18.3. The number of rotatable bonds is 1. The first kappa shape index (κ1) is 28.7. The summed E-state index contributed by atoms with van der Waals surface area (Å²) in [6, 6.07) is 0. The second-order valence-electron chi connectivity index (χ2n) is 18.3. The van der Waals surface area contributed by atoms with Crippen molar-refractivity contribution in [1.29, 1.82) is 0 Å². The predicted octanol–water partition coefficient (Wildman–Crippen LogP) is 8.59. The molecule has 234 valence electrons. The maximum Gasteiger partial charge on any atom is 0.0596 e. The summed E-state index contributed by atoms with van der Waals surface area (Å²) < 4.78 is 0. The molecule has 0 aliphatic heterocycles. The maximum absolute atomic E-state index is 10.8. The van der Waals surface area contributed by atoms with Gasteiger partial charge in [-0.05, 0) is 185 Å². The van der Waals surface area contributed by atoms with Crippen LogP contribution in [0.15, 0.2) is 10.2 Å². The summed E-state index contributed by atoms with van der Waals surface area (Å²) in [5.74, 6) is 6.43. The minimum absolute atomic E-state index is 0.0642. The highest BCUT2D eigenvalue weighted by atomic mass is 16.3. The molecule has 4 heteroatoms. The number of hydrogen-bond donors (Lipinski definition) is 2. The molecule has 4 nitrogen and oxygen atoms in total. The number of aliphatic hydroxyl groups is 2. The molecule has 0 spiro atoms. The fraction of sp³-hybridized carbons (Fsp3) is 0.947. The van der Waals surface area contributed by atoms with Crippen LogP contribution in [0.5, 0.6) is 0 Å². The molecule has 8 saturated carbocycles. The van der Waals surface area contributed by atoms with E-state index in [-0.39, 0.29) is 23.0 Å². The lowest BCUT2D eigenvalue weighted by molar-refractivity contribution is -0.112. The molecule has 0 amide bonds. The first-order chi connectivity index (χ1) is 20.1. The zero-order valence-corrected chi connectivity index (χ0v) is 27.3. The molecule has 8 rings (SSSR count). The van der Waals surface area contributed by atoms with E-state index < -0.39 is 0 Å². The Morgan fingerprint density at radius 3 is 1.31 bits per heavy atom. The van der Waals surface area contributed by atoms with Gasteiger partial charge in [-0.1, -0.05) is 27.7 Å². The summed E-state index contributed by atoms with van der Waals surface area (Å²) in [4.78, 5) is 0. The number of nitrogens with zero attached hydrogens (tertiary/aromatic N) is 2. The van der Waals surface area contributed by atoms with E-state index in [1.807, 2.05) is 0 Å². The third kappa shape index (κ3) is 3.97. The van der Waals surface area contributed by atoms with E-state index in [0.29, 0.717) is 10.8 Å². The van der Waals surface area contributed by atoms with Crippen LogP contribution in [0.25, 0.3) is 0 Å². The first-order valence-electron chi connectivity index (χ1n) is 18.5. The Balaban J connectivity index is 0.928. The largest absolute Gasteiger partial charge is 0.393 e. The van der Waals surface area contributed by atoms with Gasteiger partial charge < -0.3 is 10.2 Å². The quantitative estimate of drug-likeness (QED) is 0.307. The third-order valence-electron chi connectivity index (χ3n) is 17.2. The molecule has 0 aromatic rings. The fourth-order valence-electron chi connectivity index (χ4n) is 14.4. The van der Waals surface area contributed by atoms with Gasteiger partial charge in [-0.25, -0.2) is 0 Å². The Morgan fingerprint density at radius 2 is 0.881 bits per heavy atom. The standard InChI is InChI=1S/C38H60N2O2/c1-35-17-13-25(21-23(35)5-7-27-29-9-11-33(41)37(29,3)19-15-31(27)35)39-40-26-14-18-36(2)24(22-26)6-8-28-30-10-12-34(42)38(30,4)20-16-32(28)36/h23-24,27-34,41-42H,5-22H2,1-4H3/b39-25-,40-26+/t23-,24-,27-,28-,29+,30-,31-,32-,33-,34-,35-,36-,37-,38-/m0/s1. The van der Waals surface area contributed by atoms with Gasteiger partial charge in [0.25, 0.3) is 0 Å². The minimum atomic E-state index is -0.0642. The first-order valence-corrected chi connectivity index (χ1v) is 18.5. The molecule has 0 unspecified atom stereocenters. The summed E-state index contributed by atoms with van der Waals surface area (Å²) in [5, 5.41) is 31.7. The molecule has 14 atom stereocenters. The SMILES string of the molecule is C[C@]12CC[C@H]3[C@@H](CC[C@H]4C/C(=N\N=C5/CC[C@@]6(C)[C@@H](CC[C@@H]7[C@@H]6CC[C@]6(C)[C@@H](O)CC[C@@H]76)C5)CC[C@@]43C)[C@H]1CC[C@@H]2O. The van der Waals surface area contributed by atoms with Crippen molar-refractivity contribution in [1.82, 2.24) is 0 Å². The highest BCUT2D eigenvalue weighted by molar-refractivity contribution is 5.89. The van der Waals surface area contributed by atoms with Crippen LogP contribution in [-0.4, -0.2) is 33.8 Å². The van der Waals surface area contributed by atoms with Crippen molar-refractivity contribution >= 4 is 11.4 Å². The molecule has 0 heterocycles. The molecule has 0 saturated heterocycles. The summed E-state index contributed by atoms with van der Waals surface area (Å²) in [6.07, 6.45) is 22.3. The maximum atomic E-state index is 10.8. The van der Waals surface area contributed by atoms with Crippen LogP contribution in [-0.2, 0) is 0 Å². The molecule has 2 N–H and O–H groups in total. The molecular weight excluding hydrogens is 516 g/mol.